The maximum Gasteiger partial charge on any atom is 0.261 e. The summed E-state index contributed by atoms with van der Waals surface area (Å²) in [5, 5.41) is 3.27. The van der Waals surface area contributed by atoms with E-state index in [4.69, 9.17) is 25.8 Å². The van der Waals surface area contributed by atoms with Gasteiger partial charge >= 0.3 is 0 Å². The second kappa shape index (κ2) is 8.70. The predicted octanol–water partition coefficient (Wildman–Crippen LogP) is 3.97. The number of hydrogen-bond acceptors (Lipinski definition) is 5. The fraction of sp³-hybridized carbons (Fsp3) is 0.143. The van der Waals surface area contributed by atoms with E-state index in [1.54, 1.807) is 42.5 Å². The van der Waals surface area contributed by atoms with Crippen molar-refractivity contribution in [1.29, 1.82) is 0 Å². The van der Waals surface area contributed by atoms with Crippen LogP contribution in [-0.4, -0.2) is 32.2 Å². The van der Waals surface area contributed by atoms with Crippen molar-refractivity contribution >= 4 is 23.2 Å². The fourth-order valence-corrected chi connectivity index (χ4v) is 2.97. The lowest BCUT2D eigenvalue weighted by atomic mass is 10.1. The molecule has 8 heteroatoms. The lowest BCUT2D eigenvalue weighted by molar-refractivity contribution is 0.102. The molecule has 1 heterocycles. The molecule has 0 spiro atoms. The number of pyridine rings is 1. The molecule has 0 bridgehead atoms. The van der Waals surface area contributed by atoms with Gasteiger partial charge in [-0.25, -0.2) is 0 Å². The van der Waals surface area contributed by atoms with E-state index in [1.165, 1.54) is 27.4 Å². The Bertz CT molecular complexity index is 1090. The van der Waals surface area contributed by atoms with Crippen LogP contribution < -0.4 is 25.1 Å². The number of H-pyrrole nitrogens is 1. The molecule has 1 amide bonds. The van der Waals surface area contributed by atoms with Crippen molar-refractivity contribution in [1.82, 2.24) is 4.98 Å². The van der Waals surface area contributed by atoms with Gasteiger partial charge in [0.05, 0.1) is 27.0 Å². The van der Waals surface area contributed by atoms with Crippen molar-refractivity contribution in [2.45, 2.75) is 0 Å². The first kappa shape index (κ1) is 20.3. The number of ether oxygens (including phenoxy) is 3. The van der Waals surface area contributed by atoms with Crippen molar-refractivity contribution in [2.75, 3.05) is 26.6 Å². The first-order valence-electron chi connectivity index (χ1n) is 8.58. The standard InChI is InChI=1S/C21H19ClN2O5/c1-27-17-11-10-16(18(28-2)19(17)29-3)24-21(26)14-8-9-15(23-20(14)25)12-4-6-13(22)7-5-12/h4-11H,1-3H3,(H,23,25)(H,24,26). The lowest BCUT2D eigenvalue weighted by Gasteiger charge is -2.16. The molecule has 0 aliphatic carbocycles. The Morgan fingerprint density at radius 2 is 1.59 bits per heavy atom. The Labute approximate surface area is 172 Å². The van der Waals surface area contributed by atoms with Crippen LogP contribution >= 0.6 is 11.6 Å². The minimum Gasteiger partial charge on any atom is -0.493 e. The minimum absolute atomic E-state index is 0.0421. The lowest BCUT2D eigenvalue weighted by Crippen LogP contribution is -2.23. The first-order valence-corrected chi connectivity index (χ1v) is 8.96. The monoisotopic (exact) mass is 414 g/mol. The summed E-state index contributed by atoms with van der Waals surface area (Å²) >= 11 is 5.89. The minimum atomic E-state index is -0.584. The van der Waals surface area contributed by atoms with E-state index < -0.39 is 11.5 Å². The molecule has 2 aromatic carbocycles. The van der Waals surface area contributed by atoms with Crippen LogP contribution in [0.4, 0.5) is 5.69 Å². The zero-order valence-corrected chi connectivity index (χ0v) is 16.8. The van der Waals surface area contributed by atoms with Gasteiger partial charge < -0.3 is 24.5 Å². The van der Waals surface area contributed by atoms with Gasteiger partial charge in [-0.3, -0.25) is 9.59 Å². The molecule has 3 rings (SSSR count). The third-order valence-corrected chi connectivity index (χ3v) is 4.51. The fourth-order valence-electron chi connectivity index (χ4n) is 2.84. The summed E-state index contributed by atoms with van der Waals surface area (Å²) in [5.41, 5.74) is 1.14. The molecular weight excluding hydrogens is 396 g/mol. The predicted molar refractivity (Wildman–Crippen MR) is 112 cm³/mol. The van der Waals surface area contributed by atoms with Crippen LogP contribution in [0.3, 0.4) is 0 Å². The zero-order valence-electron chi connectivity index (χ0n) is 16.0. The average molecular weight is 415 g/mol. The highest BCUT2D eigenvalue weighted by molar-refractivity contribution is 6.30. The molecule has 1 aromatic heterocycles. The van der Waals surface area contributed by atoms with E-state index in [0.29, 0.717) is 27.9 Å². The van der Waals surface area contributed by atoms with E-state index in [9.17, 15) is 9.59 Å². The Kier molecular flexibility index (Phi) is 6.09. The van der Waals surface area contributed by atoms with E-state index >= 15 is 0 Å². The summed E-state index contributed by atoms with van der Waals surface area (Å²) in [6.07, 6.45) is 0. The van der Waals surface area contributed by atoms with Crippen molar-refractivity contribution in [3.63, 3.8) is 0 Å². The highest BCUT2D eigenvalue weighted by Gasteiger charge is 2.19. The molecule has 0 saturated carbocycles. The molecule has 150 valence electrons. The van der Waals surface area contributed by atoms with Crippen molar-refractivity contribution in [3.8, 4) is 28.5 Å². The maximum absolute atomic E-state index is 12.7. The van der Waals surface area contributed by atoms with Gasteiger partial charge in [0.1, 0.15) is 5.56 Å². The van der Waals surface area contributed by atoms with Crippen LogP contribution in [0, 0.1) is 0 Å². The average Bonchev–Trinajstić information content (AvgIpc) is 2.73. The molecule has 29 heavy (non-hydrogen) atoms. The highest BCUT2D eigenvalue weighted by Crippen LogP contribution is 2.42. The Hall–Kier alpha value is -3.45. The summed E-state index contributed by atoms with van der Waals surface area (Å²) in [6, 6.07) is 13.4. The highest BCUT2D eigenvalue weighted by atomic mass is 35.5. The molecule has 2 N–H and O–H groups in total. The van der Waals surface area contributed by atoms with Gasteiger partial charge in [-0.1, -0.05) is 23.7 Å². The smallest absolute Gasteiger partial charge is 0.261 e. The van der Waals surface area contributed by atoms with Gasteiger partial charge in [-0.15, -0.1) is 0 Å². The van der Waals surface area contributed by atoms with Crippen LogP contribution in [0.5, 0.6) is 17.2 Å². The summed E-state index contributed by atoms with van der Waals surface area (Å²) in [6.45, 7) is 0. The zero-order chi connectivity index (χ0) is 21.0. The summed E-state index contributed by atoms with van der Waals surface area (Å²) in [4.78, 5) is 27.9. The van der Waals surface area contributed by atoms with Crippen LogP contribution in [0.1, 0.15) is 10.4 Å². The molecule has 0 fully saturated rings. The summed E-state index contributed by atoms with van der Waals surface area (Å²) in [7, 11) is 4.41. The number of amides is 1. The van der Waals surface area contributed by atoms with Crippen LogP contribution in [0.2, 0.25) is 5.02 Å². The third kappa shape index (κ3) is 4.20. The van der Waals surface area contributed by atoms with Gasteiger partial charge in [-0.2, -0.15) is 0 Å². The molecule has 3 aromatic rings. The largest absolute Gasteiger partial charge is 0.493 e. The van der Waals surface area contributed by atoms with Gasteiger partial charge in [0.2, 0.25) is 5.75 Å². The first-order chi connectivity index (χ1) is 14.0. The molecule has 0 radical (unpaired) electrons. The van der Waals surface area contributed by atoms with Crippen LogP contribution in [0.15, 0.2) is 53.3 Å². The number of aromatic amines is 1. The molecule has 7 nitrogen and oxygen atoms in total. The normalized spacial score (nSPS) is 10.3. The molecule has 0 aliphatic rings. The number of aromatic nitrogens is 1. The number of halogens is 1. The Morgan fingerprint density at radius 3 is 2.17 bits per heavy atom. The second-order valence-corrected chi connectivity index (χ2v) is 6.39. The SMILES string of the molecule is COc1ccc(NC(=O)c2ccc(-c3ccc(Cl)cc3)[nH]c2=O)c(OC)c1OC. The van der Waals surface area contributed by atoms with Crippen LogP contribution in [-0.2, 0) is 0 Å². The van der Waals surface area contributed by atoms with Gasteiger partial charge in [0.25, 0.3) is 11.5 Å². The van der Waals surface area contributed by atoms with E-state index in [-0.39, 0.29) is 11.3 Å². The number of benzene rings is 2. The van der Waals surface area contributed by atoms with Gasteiger partial charge in [0, 0.05) is 10.7 Å². The molecule has 0 aliphatic heterocycles. The number of hydrogen-bond donors (Lipinski definition) is 2. The van der Waals surface area contributed by atoms with E-state index in [1.807, 2.05) is 0 Å². The van der Waals surface area contributed by atoms with Crippen molar-refractivity contribution < 1.29 is 19.0 Å². The molecule has 0 saturated heterocycles. The number of methoxy groups -OCH3 is 3. The van der Waals surface area contributed by atoms with Gasteiger partial charge in [0.15, 0.2) is 11.5 Å². The number of carbonyl (C=O) groups excluding carboxylic acids is 1. The Balaban J connectivity index is 1.90. The maximum atomic E-state index is 12.7. The van der Waals surface area contributed by atoms with E-state index in [0.717, 1.165) is 5.56 Å². The summed E-state index contributed by atoms with van der Waals surface area (Å²) < 4.78 is 15.9. The van der Waals surface area contributed by atoms with Crippen LogP contribution in [0.25, 0.3) is 11.3 Å². The molecule has 0 atom stereocenters. The quantitative estimate of drug-likeness (QED) is 0.637. The number of nitrogens with one attached hydrogen (secondary N) is 2. The Morgan fingerprint density at radius 1 is 0.897 bits per heavy atom. The third-order valence-electron chi connectivity index (χ3n) is 4.26. The van der Waals surface area contributed by atoms with E-state index in [2.05, 4.69) is 10.3 Å². The van der Waals surface area contributed by atoms with Crippen molar-refractivity contribution in [3.05, 3.63) is 69.5 Å². The summed E-state index contributed by atoms with van der Waals surface area (Å²) in [5.74, 6) is 0.487. The van der Waals surface area contributed by atoms with Crippen molar-refractivity contribution in [2.24, 2.45) is 0 Å². The second-order valence-electron chi connectivity index (χ2n) is 5.96. The molecular formula is C21H19ClN2O5. The topological polar surface area (TPSA) is 89.7 Å². The number of rotatable bonds is 6. The van der Waals surface area contributed by atoms with Gasteiger partial charge in [-0.05, 0) is 42.0 Å². The number of carbonyl (C=O) groups is 1. The number of anilines is 1. The molecule has 0 unspecified atom stereocenters.